The van der Waals surface area contributed by atoms with E-state index in [2.05, 4.69) is 10.2 Å². The van der Waals surface area contributed by atoms with E-state index in [1.165, 1.54) is 0 Å². The van der Waals surface area contributed by atoms with Gasteiger partial charge in [-0.1, -0.05) is 6.42 Å². The minimum absolute atomic E-state index is 0.0175. The molecule has 0 bridgehead atoms. The Morgan fingerprint density at radius 1 is 1.35 bits per heavy atom. The van der Waals surface area contributed by atoms with E-state index in [0.717, 1.165) is 52.1 Å². The highest BCUT2D eigenvalue weighted by Gasteiger charge is 2.43. The second kappa shape index (κ2) is 5.80. The lowest BCUT2D eigenvalue weighted by Crippen LogP contribution is -2.50. The lowest BCUT2D eigenvalue weighted by molar-refractivity contribution is -0.139. The quantitative estimate of drug-likeness (QED) is 0.688. The molecule has 2 fully saturated rings. The van der Waals surface area contributed by atoms with Gasteiger partial charge < -0.3 is 15.2 Å². The number of morpholine rings is 1. The molecule has 0 aromatic carbocycles. The zero-order valence-electron chi connectivity index (χ0n) is 10.3. The van der Waals surface area contributed by atoms with Crippen LogP contribution in [0.25, 0.3) is 0 Å². The third-order valence-corrected chi connectivity index (χ3v) is 3.91. The van der Waals surface area contributed by atoms with Crippen molar-refractivity contribution in [3.8, 4) is 0 Å². The van der Waals surface area contributed by atoms with Crippen LogP contribution in [-0.4, -0.2) is 61.9 Å². The maximum absolute atomic E-state index is 11.9. The molecule has 2 N–H and O–H groups in total. The predicted octanol–water partition coefficient (Wildman–Crippen LogP) is -0.403. The Balaban J connectivity index is 1.65. The predicted molar refractivity (Wildman–Crippen MR) is 63.6 cm³/mol. The molecule has 17 heavy (non-hydrogen) atoms. The van der Waals surface area contributed by atoms with Crippen LogP contribution >= 0.6 is 0 Å². The number of hydrogen-bond acceptors (Lipinski definition) is 4. The molecule has 5 nitrogen and oxygen atoms in total. The Bertz CT molecular complexity index is 255. The number of amides is 1. The normalized spacial score (nSPS) is 24.1. The highest BCUT2D eigenvalue weighted by molar-refractivity contribution is 5.83. The lowest BCUT2D eigenvalue weighted by Gasteiger charge is -2.38. The fourth-order valence-corrected chi connectivity index (χ4v) is 2.40. The van der Waals surface area contributed by atoms with Crippen molar-refractivity contribution in [3.05, 3.63) is 0 Å². The molecule has 1 saturated heterocycles. The van der Waals surface area contributed by atoms with Crippen molar-refractivity contribution in [2.24, 2.45) is 5.41 Å². The Labute approximate surface area is 102 Å². The van der Waals surface area contributed by atoms with E-state index in [9.17, 15) is 9.90 Å². The summed E-state index contributed by atoms with van der Waals surface area (Å²) >= 11 is 0. The number of hydrogen-bond donors (Lipinski definition) is 2. The third kappa shape index (κ3) is 2.97. The van der Waals surface area contributed by atoms with Gasteiger partial charge in [0, 0.05) is 26.2 Å². The first kappa shape index (κ1) is 12.8. The van der Waals surface area contributed by atoms with Crippen LogP contribution in [0.1, 0.15) is 19.3 Å². The van der Waals surface area contributed by atoms with Gasteiger partial charge in [0.2, 0.25) is 5.91 Å². The average molecular weight is 242 g/mol. The van der Waals surface area contributed by atoms with Gasteiger partial charge in [-0.25, -0.2) is 0 Å². The van der Waals surface area contributed by atoms with Crippen molar-refractivity contribution < 1.29 is 14.6 Å². The molecule has 0 aromatic heterocycles. The van der Waals surface area contributed by atoms with E-state index in [1.807, 2.05) is 0 Å². The molecule has 0 atom stereocenters. The Hall–Kier alpha value is -0.650. The summed E-state index contributed by atoms with van der Waals surface area (Å²) in [6.45, 7) is 4.98. The van der Waals surface area contributed by atoms with Crippen LogP contribution in [0.2, 0.25) is 0 Å². The monoisotopic (exact) mass is 242 g/mol. The van der Waals surface area contributed by atoms with Gasteiger partial charge in [0.1, 0.15) is 0 Å². The van der Waals surface area contributed by atoms with Gasteiger partial charge in [0.05, 0.1) is 25.2 Å². The van der Waals surface area contributed by atoms with E-state index in [-0.39, 0.29) is 12.5 Å². The smallest absolute Gasteiger partial charge is 0.228 e. The van der Waals surface area contributed by atoms with Crippen LogP contribution in [0.15, 0.2) is 0 Å². The number of carbonyl (C=O) groups is 1. The molecule has 5 heteroatoms. The standard InChI is InChI=1S/C12H22N2O3/c15-10-12(2-1-3-12)11(16)13-4-5-14-6-8-17-9-7-14/h15H,1-10H2,(H,13,16). The number of carbonyl (C=O) groups excluding carboxylic acids is 1. The first-order valence-electron chi connectivity index (χ1n) is 6.46. The first-order chi connectivity index (χ1) is 8.27. The highest BCUT2D eigenvalue weighted by atomic mass is 16.5. The summed E-state index contributed by atoms with van der Waals surface area (Å²) in [5.74, 6) is 0.0273. The first-order valence-corrected chi connectivity index (χ1v) is 6.46. The maximum atomic E-state index is 11.9. The van der Waals surface area contributed by atoms with Crippen LogP contribution < -0.4 is 5.32 Å². The molecule has 0 spiro atoms. The Morgan fingerprint density at radius 3 is 2.59 bits per heavy atom. The van der Waals surface area contributed by atoms with Crippen LogP contribution in [-0.2, 0) is 9.53 Å². The molecule has 0 radical (unpaired) electrons. The number of nitrogens with one attached hydrogen (secondary N) is 1. The number of aliphatic hydroxyl groups excluding tert-OH is 1. The van der Waals surface area contributed by atoms with Gasteiger partial charge in [-0.15, -0.1) is 0 Å². The van der Waals surface area contributed by atoms with Gasteiger partial charge in [-0.3, -0.25) is 9.69 Å². The molecule has 1 heterocycles. The van der Waals surface area contributed by atoms with Gasteiger partial charge in [0.25, 0.3) is 0 Å². The van der Waals surface area contributed by atoms with Crippen LogP contribution in [0.3, 0.4) is 0 Å². The van der Waals surface area contributed by atoms with Crippen LogP contribution in [0.4, 0.5) is 0 Å². The summed E-state index contributed by atoms with van der Waals surface area (Å²) in [5.41, 5.74) is -0.467. The molecule has 2 aliphatic rings. The van der Waals surface area contributed by atoms with Crippen LogP contribution in [0, 0.1) is 5.41 Å². The zero-order chi connectivity index (χ0) is 12.1. The van der Waals surface area contributed by atoms with Gasteiger partial charge in [0.15, 0.2) is 0 Å². The van der Waals surface area contributed by atoms with Crippen molar-refractivity contribution in [1.29, 1.82) is 0 Å². The van der Waals surface area contributed by atoms with Gasteiger partial charge in [-0.2, -0.15) is 0 Å². The lowest BCUT2D eigenvalue weighted by atomic mass is 9.69. The van der Waals surface area contributed by atoms with Crippen molar-refractivity contribution in [1.82, 2.24) is 10.2 Å². The molecule has 0 aromatic rings. The molecule has 2 rings (SSSR count). The zero-order valence-corrected chi connectivity index (χ0v) is 10.3. The Kier molecular flexibility index (Phi) is 4.36. The van der Waals surface area contributed by atoms with Gasteiger partial charge >= 0.3 is 0 Å². The van der Waals surface area contributed by atoms with Crippen molar-refractivity contribution >= 4 is 5.91 Å². The second-order valence-electron chi connectivity index (χ2n) is 5.00. The maximum Gasteiger partial charge on any atom is 0.228 e. The minimum Gasteiger partial charge on any atom is -0.395 e. The molecule has 1 aliphatic heterocycles. The topological polar surface area (TPSA) is 61.8 Å². The average Bonchev–Trinajstić information content (AvgIpc) is 2.30. The van der Waals surface area contributed by atoms with E-state index < -0.39 is 5.41 Å². The third-order valence-electron chi connectivity index (χ3n) is 3.91. The minimum atomic E-state index is -0.467. The highest BCUT2D eigenvalue weighted by Crippen LogP contribution is 2.40. The molecule has 1 amide bonds. The van der Waals surface area contributed by atoms with E-state index in [1.54, 1.807) is 0 Å². The summed E-state index contributed by atoms with van der Waals surface area (Å²) < 4.78 is 5.26. The SMILES string of the molecule is O=C(NCCN1CCOCC1)C1(CO)CCC1. The second-order valence-corrected chi connectivity index (χ2v) is 5.00. The fourth-order valence-electron chi connectivity index (χ4n) is 2.40. The molecular weight excluding hydrogens is 220 g/mol. The van der Waals surface area contributed by atoms with E-state index in [0.29, 0.717) is 6.54 Å². The Morgan fingerprint density at radius 2 is 2.06 bits per heavy atom. The fraction of sp³-hybridized carbons (Fsp3) is 0.917. The molecule has 98 valence electrons. The molecule has 1 aliphatic carbocycles. The van der Waals surface area contributed by atoms with Crippen molar-refractivity contribution in [2.45, 2.75) is 19.3 Å². The summed E-state index contributed by atoms with van der Waals surface area (Å²) in [4.78, 5) is 14.2. The summed E-state index contributed by atoms with van der Waals surface area (Å²) in [7, 11) is 0. The van der Waals surface area contributed by atoms with E-state index in [4.69, 9.17) is 4.74 Å². The number of aliphatic hydroxyl groups is 1. The summed E-state index contributed by atoms with van der Waals surface area (Å²) in [6.07, 6.45) is 2.71. The number of nitrogens with zero attached hydrogens (tertiary/aromatic N) is 1. The molecule has 1 saturated carbocycles. The number of ether oxygens (including phenoxy) is 1. The van der Waals surface area contributed by atoms with Crippen molar-refractivity contribution in [3.63, 3.8) is 0 Å². The molecular formula is C12H22N2O3. The summed E-state index contributed by atoms with van der Waals surface area (Å²) in [6, 6.07) is 0. The van der Waals surface area contributed by atoms with E-state index >= 15 is 0 Å². The number of rotatable bonds is 5. The molecule has 0 unspecified atom stereocenters. The largest absolute Gasteiger partial charge is 0.395 e. The van der Waals surface area contributed by atoms with Gasteiger partial charge in [-0.05, 0) is 12.8 Å². The van der Waals surface area contributed by atoms with Crippen LogP contribution in [0.5, 0.6) is 0 Å². The van der Waals surface area contributed by atoms with Crippen molar-refractivity contribution in [2.75, 3.05) is 46.0 Å². The summed E-state index contributed by atoms with van der Waals surface area (Å²) in [5, 5.41) is 12.2.